The molecule has 0 spiro atoms. The zero-order valence-electron chi connectivity index (χ0n) is 10.3. The summed E-state index contributed by atoms with van der Waals surface area (Å²) >= 11 is 0. The van der Waals surface area contributed by atoms with Crippen LogP contribution in [0.3, 0.4) is 0 Å². The molecule has 8 nitrogen and oxygen atoms in total. The van der Waals surface area contributed by atoms with Gasteiger partial charge in [0.2, 0.25) is 0 Å². The Balaban J connectivity index is 2.39. The fourth-order valence-corrected chi connectivity index (χ4v) is 2.54. The number of aromatic nitrogens is 2. The fraction of sp³-hybridized carbons (Fsp3) is 0.0909. The SMILES string of the molecule is Cn1ccc(NS(=O)(=O)c2ccc(O)c(C(=O)O)c2)n1. The highest BCUT2D eigenvalue weighted by Gasteiger charge is 2.19. The van der Waals surface area contributed by atoms with Crippen LogP contribution in [0.5, 0.6) is 5.75 Å². The molecule has 20 heavy (non-hydrogen) atoms. The van der Waals surface area contributed by atoms with Gasteiger partial charge >= 0.3 is 5.97 Å². The third kappa shape index (κ3) is 2.72. The highest BCUT2D eigenvalue weighted by Crippen LogP contribution is 2.22. The Morgan fingerprint density at radius 3 is 2.60 bits per heavy atom. The summed E-state index contributed by atoms with van der Waals surface area (Å²) in [5.41, 5.74) is -0.492. The maximum Gasteiger partial charge on any atom is 0.339 e. The number of nitrogens with one attached hydrogen (secondary N) is 1. The van der Waals surface area contributed by atoms with Gasteiger partial charge in [0.05, 0.1) is 4.90 Å². The van der Waals surface area contributed by atoms with Crippen LogP contribution in [0.4, 0.5) is 5.82 Å². The van der Waals surface area contributed by atoms with Crippen LogP contribution in [0.1, 0.15) is 10.4 Å². The maximum atomic E-state index is 12.1. The van der Waals surface area contributed by atoms with E-state index >= 15 is 0 Å². The highest BCUT2D eigenvalue weighted by atomic mass is 32.2. The molecule has 9 heteroatoms. The monoisotopic (exact) mass is 297 g/mol. The zero-order chi connectivity index (χ0) is 14.9. The van der Waals surface area contributed by atoms with E-state index < -0.39 is 27.3 Å². The number of carbonyl (C=O) groups is 1. The quantitative estimate of drug-likeness (QED) is 0.760. The van der Waals surface area contributed by atoms with E-state index in [1.807, 2.05) is 0 Å². The van der Waals surface area contributed by atoms with Crippen molar-refractivity contribution in [2.45, 2.75) is 4.90 Å². The predicted octanol–water partition coefficient (Wildman–Crippen LogP) is 0.625. The lowest BCUT2D eigenvalue weighted by Gasteiger charge is -2.07. The number of aromatic carboxylic acids is 1. The van der Waals surface area contributed by atoms with Gasteiger partial charge in [-0.3, -0.25) is 9.40 Å². The standard InChI is InChI=1S/C11H11N3O5S/c1-14-5-4-10(12-14)13-20(18,19)7-2-3-9(15)8(6-7)11(16)17/h2-6,15H,1H3,(H,12,13)(H,16,17). The minimum atomic E-state index is -3.97. The first-order valence-electron chi connectivity index (χ1n) is 5.38. The molecule has 1 aromatic carbocycles. The molecule has 0 saturated heterocycles. The maximum absolute atomic E-state index is 12.1. The van der Waals surface area contributed by atoms with Gasteiger partial charge in [-0.25, -0.2) is 13.2 Å². The van der Waals surface area contributed by atoms with Crippen molar-refractivity contribution in [2.75, 3.05) is 4.72 Å². The smallest absolute Gasteiger partial charge is 0.339 e. The molecule has 0 aliphatic rings. The van der Waals surface area contributed by atoms with E-state index in [1.165, 1.54) is 10.7 Å². The number of aryl methyl sites for hydroxylation is 1. The Morgan fingerprint density at radius 2 is 2.05 bits per heavy atom. The van der Waals surface area contributed by atoms with E-state index in [2.05, 4.69) is 9.82 Å². The van der Waals surface area contributed by atoms with Crippen molar-refractivity contribution in [3.05, 3.63) is 36.0 Å². The van der Waals surface area contributed by atoms with E-state index in [9.17, 15) is 18.3 Å². The molecule has 2 rings (SSSR count). The van der Waals surface area contributed by atoms with Gasteiger partial charge in [-0.2, -0.15) is 5.10 Å². The van der Waals surface area contributed by atoms with Gasteiger partial charge in [0, 0.05) is 19.3 Å². The van der Waals surface area contributed by atoms with Gasteiger partial charge in [0.25, 0.3) is 10.0 Å². The van der Waals surface area contributed by atoms with Crippen LogP contribution in [0.15, 0.2) is 35.4 Å². The van der Waals surface area contributed by atoms with Crippen molar-refractivity contribution >= 4 is 21.8 Å². The van der Waals surface area contributed by atoms with Gasteiger partial charge in [-0.15, -0.1) is 0 Å². The second kappa shape index (κ2) is 4.85. The average molecular weight is 297 g/mol. The lowest BCUT2D eigenvalue weighted by molar-refractivity contribution is 0.0693. The summed E-state index contributed by atoms with van der Waals surface area (Å²) in [6.07, 6.45) is 1.55. The Hall–Kier alpha value is -2.55. The molecule has 0 fully saturated rings. The molecule has 106 valence electrons. The van der Waals surface area contributed by atoms with Crippen molar-refractivity contribution in [3.8, 4) is 5.75 Å². The molecule has 0 bridgehead atoms. The van der Waals surface area contributed by atoms with Gasteiger partial charge in [0.15, 0.2) is 5.82 Å². The average Bonchev–Trinajstić information content (AvgIpc) is 2.73. The third-order valence-electron chi connectivity index (χ3n) is 2.46. The van der Waals surface area contributed by atoms with Crippen LogP contribution in [0, 0.1) is 0 Å². The molecular formula is C11H11N3O5S. The lowest BCUT2D eigenvalue weighted by Crippen LogP contribution is -2.14. The van der Waals surface area contributed by atoms with Crippen LogP contribution in [-0.2, 0) is 17.1 Å². The second-order valence-corrected chi connectivity index (χ2v) is 5.65. The van der Waals surface area contributed by atoms with Crippen molar-refractivity contribution in [1.82, 2.24) is 9.78 Å². The van der Waals surface area contributed by atoms with Gasteiger partial charge < -0.3 is 10.2 Å². The number of phenols is 1. The van der Waals surface area contributed by atoms with Crippen molar-refractivity contribution < 1.29 is 23.4 Å². The summed E-state index contributed by atoms with van der Waals surface area (Å²) in [5.74, 6) is -1.82. The molecule has 0 radical (unpaired) electrons. The molecule has 3 N–H and O–H groups in total. The number of anilines is 1. The summed E-state index contributed by atoms with van der Waals surface area (Å²) in [5, 5.41) is 22.1. The second-order valence-electron chi connectivity index (χ2n) is 3.96. The van der Waals surface area contributed by atoms with Crippen LogP contribution < -0.4 is 4.72 Å². The first kappa shape index (κ1) is 13.9. The fourth-order valence-electron chi connectivity index (χ4n) is 1.52. The van der Waals surface area contributed by atoms with E-state index in [-0.39, 0.29) is 10.7 Å². The normalized spacial score (nSPS) is 11.2. The minimum Gasteiger partial charge on any atom is -0.507 e. The molecule has 1 heterocycles. The predicted molar refractivity (Wildman–Crippen MR) is 69.1 cm³/mol. The van der Waals surface area contributed by atoms with E-state index in [0.29, 0.717) is 0 Å². The van der Waals surface area contributed by atoms with Gasteiger partial charge in [-0.1, -0.05) is 0 Å². The molecule has 0 amide bonds. The van der Waals surface area contributed by atoms with Crippen molar-refractivity contribution in [2.24, 2.45) is 7.05 Å². The van der Waals surface area contributed by atoms with E-state index in [4.69, 9.17) is 5.11 Å². The molecule has 0 atom stereocenters. The number of benzene rings is 1. The van der Waals surface area contributed by atoms with Crippen LogP contribution in [0.2, 0.25) is 0 Å². The van der Waals surface area contributed by atoms with Gasteiger partial charge in [-0.05, 0) is 18.2 Å². The number of carboxylic acid groups (broad SMARTS) is 1. The molecule has 0 saturated carbocycles. The number of nitrogens with zero attached hydrogens (tertiary/aromatic N) is 2. The number of hydrogen-bond donors (Lipinski definition) is 3. The Labute approximate surface area is 114 Å². The Morgan fingerprint density at radius 1 is 1.35 bits per heavy atom. The summed E-state index contributed by atoms with van der Waals surface area (Å²) < 4.78 is 27.7. The molecule has 2 aromatic rings. The molecule has 0 unspecified atom stereocenters. The largest absolute Gasteiger partial charge is 0.507 e. The summed E-state index contributed by atoms with van der Waals surface area (Å²) in [7, 11) is -2.35. The van der Waals surface area contributed by atoms with Crippen LogP contribution in [-0.4, -0.2) is 34.4 Å². The first-order valence-corrected chi connectivity index (χ1v) is 6.87. The third-order valence-corrected chi connectivity index (χ3v) is 3.81. The molecular weight excluding hydrogens is 286 g/mol. The number of carboxylic acids is 1. The minimum absolute atomic E-state index is 0.109. The zero-order valence-corrected chi connectivity index (χ0v) is 11.1. The number of sulfonamides is 1. The van der Waals surface area contributed by atoms with E-state index in [1.54, 1.807) is 13.2 Å². The highest BCUT2D eigenvalue weighted by molar-refractivity contribution is 7.92. The number of aromatic hydroxyl groups is 1. The van der Waals surface area contributed by atoms with Gasteiger partial charge in [0.1, 0.15) is 11.3 Å². The Bertz CT molecular complexity index is 766. The van der Waals surface area contributed by atoms with Crippen molar-refractivity contribution in [3.63, 3.8) is 0 Å². The van der Waals surface area contributed by atoms with Crippen LogP contribution in [0.25, 0.3) is 0 Å². The van der Waals surface area contributed by atoms with Crippen molar-refractivity contribution in [1.29, 1.82) is 0 Å². The van der Waals surface area contributed by atoms with Crippen LogP contribution >= 0.6 is 0 Å². The topological polar surface area (TPSA) is 122 Å². The number of rotatable bonds is 4. The molecule has 0 aliphatic carbocycles. The molecule has 0 aliphatic heterocycles. The summed E-state index contributed by atoms with van der Waals surface area (Å²) in [6.45, 7) is 0. The number of hydrogen-bond acceptors (Lipinski definition) is 5. The summed E-state index contributed by atoms with van der Waals surface area (Å²) in [6, 6.07) is 4.45. The molecule has 1 aromatic heterocycles. The van der Waals surface area contributed by atoms with E-state index in [0.717, 1.165) is 18.2 Å². The lowest BCUT2D eigenvalue weighted by atomic mass is 10.2. The Kier molecular flexibility index (Phi) is 3.36. The summed E-state index contributed by atoms with van der Waals surface area (Å²) in [4.78, 5) is 10.6. The first-order chi connectivity index (χ1) is 9.29.